The van der Waals surface area contributed by atoms with Crippen LogP contribution in [-0.2, 0) is 4.74 Å². The molecule has 0 aromatic carbocycles. The zero-order valence-electron chi connectivity index (χ0n) is 4.97. The Morgan fingerprint density at radius 2 is 2.62 bits per heavy atom. The summed E-state index contributed by atoms with van der Waals surface area (Å²) in [5.41, 5.74) is 0. The van der Waals surface area contributed by atoms with Crippen molar-refractivity contribution in [3.8, 4) is 0 Å². The smallest absolute Gasteiger partial charge is 0.0770 e. The molecule has 0 amide bonds. The molecule has 0 saturated carbocycles. The lowest BCUT2D eigenvalue weighted by Crippen LogP contribution is -2.07. The van der Waals surface area contributed by atoms with Crippen molar-refractivity contribution in [2.45, 2.75) is 18.9 Å². The minimum Gasteiger partial charge on any atom is -0.376 e. The normalized spacial score (nSPS) is 28.2. The molecule has 1 fully saturated rings. The highest BCUT2D eigenvalue weighted by molar-refractivity contribution is 5.23. The summed E-state index contributed by atoms with van der Waals surface area (Å²) < 4.78 is 5.26. The number of aliphatic imine (C=N–C) groups is 1. The van der Waals surface area contributed by atoms with Crippen LogP contribution >= 0.6 is 0 Å². The van der Waals surface area contributed by atoms with Crippen LogP contribution in [0.3, 0.4) is 0 Å². The van der Waals surface area contributed by atoms with Gasteiger partial charge in [-0.15, -0.1) is 0 Å². The van der Waals surface area contributed by atoms with Crippen LogP contribution in [0, 0.1) is 0 Å². The van der Waals surface area contributed by atoms with Crippen LogP contribution in [0.2, 0.25) is 0 Å². The summed E-state index contributed by atoms with van der Waals surface area (Å²) in [6.45, 7) is 5.09. The van der Waals surface area contributed by atoms with Gasteiger partial charge in [-0.3, -0.25) is 4.99 Å². The Morgan fingerprint density at radius 1 is 1.75 bits per heavy atom. The molecule has 0 aromatic rings. The second-order valence-corrected chi connectivity index (χ2v) is 2.04. The summed E-state index contributed by atoms with van der Waals surface area (Å²) in [4.78, 5) is 3.74. The molecule has 0 radical (unpaired) electrons. The second kappa shape index (κ2) is 2.82. The van der Waals surface area contributed by atoms with Gasteiger partial charge in [0.05, 0.1) is 12.6 Å². The average molecular weight is 113 g/mol. The van der Waals surface area contributed by atoms with Crippen LogP contribution in [0.1, 0.15) is 12.8 Å². The Hall–Kier alpha value is -0.370. The van der Waals surface area contributed by atoms with Gasteiger partial charge in [0.25, 0.3) is 0 Å². The van der Waals surface area contributed by atoms with Crippen molar-refractivity contribution in [3.63, 3.8) is 0 Å². The summed E-state index contributed by atoms with van der Waals surface area (Å²) >= 11 is 0. The minimum atomic E-state index is 0.382. The Balaban J connectivity index is 2.14. The summed E-state index contributed by atoms with van der Waals surface area (Å²) in [7, 11) is 0. The van der Waals surface area contributed by atoms with Crippen LogP contribution in [0.4, 0.5) is 0 Å². The molecule has 0 unspecified atom stereocenters. The SMILES string of the molecule is C=NC[C@H]1CCCO1. The molecule has 1 atom stereocenters. The van der Waals surface area contributed by atoms with Crippen molar-refractivity contribution in [1.82, 2.24) is 0 Å². The molecule has 2 heteroatoms. The first-order valence-corrected chi connectivity index (χ1v) is 2.97. The van der Waals surface area contributed by atoms with Gasteiger partial charge in [-0.05, 0) is 19.6 Å². The largest absolute Gasteiger partial charge is 0.376 e. The summed E-state index contributed by atoms with van der Waals surface area (Å²) in [6.07, 6.45) is 2.74. The highest BCUT2D eigenvalue weighted by Crippen LogP contribution is 2.11. The van der Waals surface area contributed by atoms with E-state index in [1.54, 1.807) is 0 Å². The van der Waals surface area contributed by atoms with E-state index in [1.807, 2.05) is 0 Å². The fraction of sp³-hybridized carbons (Fsp3) is 0.833. The first-order chi connectivity index (χ1) is 3.93. The van der Waals surface area contributed by atoms with Crippen molar-refractivity contribution in [2.24, 2.45) is 4.99 Å². The van der Waals surface area contributed by atoms with Crippen molar-refractivity contribution < 1.29 is 4.74 Å². The number of hydrogen-bond donors (Lipinski definition) is 0. The standard InChI is InChI=1S/C6H11NO/c1-7-5-6-3-2-4-8-6/h6H,1-5H2/t6-/m1/s1. The molecule has 8 heavy (non-hydrogen) atoms. The van der Waals surface area contributed by atoms with Crippen LogP contribution in [0.5, 0.6) is 0 Å². The van der Waals surface area contributed by atoms with E-state index in [9.17, 15) is 0 Å². The van der Waals surface area contributed by atoms with Crippen molar-refractivity contribution >= 4 is 6.72 Å². The molecular weight excluding hydrogens is 102 g/mol. The van der Waals surface area contributed by atoms with Crippen molar-refractivity contribution in [2.75, 3.05) is 13.2 Å². The van der Waals surface area contributed by atoms with Crippen LogP contribution < -0.4 is 0 Å². The fourth-order valence-electron chi connectivity index (χ4n) is 0.932. The van der Waals surface area contributed by atoms with E-state index in [4.69, 9.17) is 4.74 Å². The Kier molecular flexibility index (Phi) is 2.03. The van der Waals surface area contributed by atoms with Crippen molar-refractivity contribution in [1.29, 1.82) is 0 Å². The Labute approximate surface area is 49.6 Å². The number of nitrogens with zero attached hydrogens (tertiary/aromatic N) is 1. The van der Waals surface area contributed by atoms with Crippen LogP contribution in [0.25, 0.3) is 0 Å². The van der Waals surface area contributed by atoms with E-state index in [2.05, 4.69) is 11.7 Å². The lowest BCUT2D eigenvalue weighted by molar-refractivity contribution is 0.118. The van der Waals surface area contributed by atoms with E-state index in [-0.39, 0.29) is 0 Å². The molecule has 0 N–H and O–H groups in total. The molecule has 1 aliphatic rings. The number of rotatable bonds is 2. The van der Waals surface area contributed by atoms with Gasteiger partial charge in [0.15, 0.2) is 0 Å². The first kappa shape index (κ1) is 5.76. The van der Waals surface area contributed by atoms with E-state index < -0.39 is 0 Å². The molecule has 1 aliphatic heterocycles. The third-order valence-electron chi connectivity index (χ3n) is 1.36. The lowest BCUT2D eigenvalue weighted by atomic mass is 10.2. The molecule has 1 saturated heterocycles. The average Bonchev–Trinajstić information content (AvgIpc) is 2.19. The molecule has 1 heterocycles. The number of hydrogen-bond acceptors (Lipinski definition) is 2. The quantitative estimate of drug-likeness (QED) is 0.487. The van der Waals surface area contributed by atoms with Crippen molar-refractivity contribution in [3.05, 3.63) is 0 Å². The van der Waals surface area contributed by atoms with E-state index in [1.165, 1.54) is 12.8 Å². The number of ether oxygens (including phenoxy) is 1. The van der Waals surface area contributed by atoms with Crippen LogP contribution in [-0.4, -0.2) is 26.0 Å². The highest BCUT2D eigenvalue weighted by Gasteiger charge is 2.13. The maximum atomic E-state index is 5.26. The molecule has 1 rings (SSSR count). The zero-order valence-corrected chi connectivity index (χ0v) is 4.97. The Morgan fingerprint density at radius 3 is 3.12 bits per heavy atom. The molecule has 0 aliphatic carbocycles. The monoisotopic (exact) mass is 113 g/mol. The third-order valence-corrected chi connectivity index (χ3v) is 1.36. The zero-order chi connectivity index (χ0) is 5.82. The van der Waals surface area contributed by atoms with E-state index in [0.29, 0.717) is 6.10 Å². The summed E-state index contributed by atoms with van der Waals surface area (Å²) in [5, 5.41) is 0. The summed E-state index contributed by atoms with van der Waals surface area (Å²) in [5.74, 6) is 0. The van der Waals surface area contributed by atoms with Gasteiger partial charge in [-0.25, -0.2) is 0 Å². The molecule has 0 spiro atoms. The second-order valence-electron chi connectivity index (χ2n) is 2.04. The molecular formula is C6H11NO. The van der Waals surface area contributed by atoms with E-state index in [0.717, 1.165) is 13.2 Å². The maximum Gasteiger partial charge on any atom is 0.0770 e. The maximum absolute atomic E-state index is 5.26. The van der Waals surface area contributed by atoms with Gasteiger partial charge in [0.2, 0.25) is 0 Å². The molecule has 0 aromatic heterocycles. The van der Waals surface area contributed by atoms with Gasteiger partial charge in [0, 0.05) is 6.61 Å². The molecule has 0 bridgehead atoms. The fourth-order valence-corrected chi connectivity index (χ4v) is 0.932. The van der Waals surface area contributed by atoms with Gasteiger partial charge in [-0.1, -0.05) is 0 Å². The van der Waals surface area contributed by atoms with E-state index >= 15 is 0 Å². The lowest BCUT2D eigenvalue weighted by Gasteiger charge is -2.01. The summed E-state index contributed by atoms with van der Waals surface area (Å²) in [6, 6.07) is 0. The predicted octanol–water partition coefficient (Wildman–Crippen LogP) is 0.866. The van der Waals surface area contributed by atoms with Gasteiger partial charge >= 0.3 is 0 Å². The molecule has 46 valence electrons. The van der Waals surface area contributed by atoms with Gasteiger partial charge in [-0.2, -0.15) is 0 Å². The van der Waals surface area contributed by atoms with Gasteiger partial charge in [0.1, 0.15) is 0 Å². The first-order valence-electron chi connectivity index (χ1n) is 2.97. The highest BCUT2D eigenvalue weighted by atomic mass is 16.5. The van der Waals surface area contributed by atoms with Crippen LogP contribution in [0.15, 0.2) is 4.99 Å². The van der Waals surface area contributed by atoms with Gasteiger partial charge < -0.3 is 4.74 Å². The topological polar surface area (TPSA) is 21.6 Å². The predicted molar refractivity (Wildman–Crippen MR) is 33.4 cm³/mol. The molecule has 2 nitrogen and oxygen atoms in total. The Bertz CT molecular complexity index is 76.6. The minimum absolute atomic E-state index is 0.382. The third kappa shape index (κ3) is 1.30.